The molecule has 0 radical (unpaired) electrons. The highest BCUT2D eigenvalue weighted by atomic mass is 35.5. The zero-order valence-electron chi connectivity index (χ0n) is 9.88. The van der Waals surface area contributed by atoms with E-state index in [-0.39, 0.29) is 5.54 Å². The lowest BCUT2D eigenvalue weighted by molar-refractivity contribution is 0.378. The molecular weight excluding hydrogens is 218 g/mol. The minimum Gasteiger partial charge on any atom is -0.321 e. The molecule has 0 bridgehead atoms. The molecule has 0 aliphatic heterocycles. The Kier molecular flexibility index (Phi) is 3.56. The molecule has 16 heavy (non-hydrogen) atoms. The summed E-state index contributed by atoms with van der Waals surface area (Å²) in [6.07, 6.45) is 5.92. The third kappa shape index (κ3) is 2.58. The van der Waals surface area contributed by atoms with Crippen molar-refractivity contribution in [2.75, 3.05) is 0 Å². The average Bonchev–Trinajstić information content (AvgIpc) is 2.42. The van der Waals surface area contributed by atoms with Gasteiger partial charge in [0.25, 0.3) is 0 Å². The Balaban J connectivity index is 2.23. The number of benzene rings is 1. The highest BCUT2D eigenvalue weighted by Crippen LogP contribution is 2.36. The van der Waals surface area contributed by atoms with Crippen LogP contribution in [0.1, 0.15) is 44.6 Å². The first kappa shape index (κ1) is 11.9. The van der Waals surface area contributed by atoms with E-state index in [1.54, 1.807) is 0 Å². The average molecular weight is 238 g/mol. The van der Waals surface area contributed by atoms with Gasteiger partial charge in [0.2, 0.25) is 0 Å². The minimum atomic E-state index is -0.157. The van der Waals surface area contributed by atoms with E-state index < -0.39 is 0 Å². The maximum atomic E-state index is 6.55. The number of hydrogen-bond acceptors (Lipinski definition) is 1. The first-order valence-corrected chi connectivity index (χ1v) is 6.53. The van der Waals surface area contributed by atoms with Crippen LogP contribution < -0.4 is 5.73 Å². The molecule has 0 heterocycles. The van der Waals surface area contributed by atoms with Crippen LogP contribution in [0.2, 0.25) is 5.02 Å². The standard InChI is InChI=1S/C14H20ClN/c1-11-4-3-8-14(16,9-7-11)12-5-2-6-13(15)10-12/h2,5-6,10-11H,3-4,7-9,16H2,1H3. The van der Waals surface area contributed by atoms with Gasteiger partial charge >= 0.3 is 0 Å². The van der Waals surface area contributed by atoms with Crippen LogP contribution in [-0.4, -0.2) is 0 Å². The Morgan fingerprint density at radius 1 is 1.31 bits per heavy atom. The molecule has 1 aliphatic carbocycles. The molecule has 2 atom stereocenters. The highest BCUT2D eigenvalue weighted by molar-refractivity contribution is 6.30. The quantitative estimate of drug-likeness (QED) is 0.732. The molecule has 1 aromatic rings. The zero-order valence-corrected chi connectivity index (χ0v) is 10.6. The van der Waals surface area contributed by atoms with Gasteiger partial charge in [-0.25, -0.2) is 0 Å². The molecule has 2 heteroatoms. The van der Waals surface area contributed by atoms with Crippen molar-refractivity contribution in [3.8, 4) is 0 Å². The third-order valence-corrected chi connectivity index (χ3v) is 4.04. The van der Waals surface area contributed by atoms with Crippen molar-refractivity contribution in [2.24, 2.45) is 11.7 Å². The van der Waals surface area contributed by atoms with Crippen molar-refractivity contribution in [3.63, 3.8) is 0 Å². The summed E-state index contributed by atoms with van der Waals surface area (Å²) < 4.78 is 0. The molecule has 1 aliphatic rings. The fraction of sp³-hybridized carbons (Fsp3) is 0.571. The van der Waals surface area contributed by atoms with Gasteiger partial charge in [0.05, 0.1) is 0 Å². The van der Waals surface area contributed by atoms with Crippen molar-refractivity contribution >= 4 is 11.6 Å². The summed E-state index contributed by atoms with van der Waals surface area (Å²) in [4.78, 5) is 0. The van der Waals surface area contributed by atoms with Gasteiger partial charge in [0, 0.05) is 10.6 Å². The number of hydrogen-bond donors (Lipinski definition) is 1. The Labute approximate surface area is 103 Å². The summed E-state index contributed by atoms with van der Waals surface area (Å²) >= 11 is 6.04. The normalized spacial score (nSPS) is 31.1. The molecule has 0 aromatic heterocycles. The van der Waals surface area contributed by atoms with Crippen LogP contribution >= 0.6 is 11.6 Å². The molecular formula is C14H20ClN. The number of rotatable bonds is 1. The van der Waals surface area contributed by atoms with E-state index in [1.807, 2.05) is 18.2 Å². The maximum Gasteiger partial charge on any atom is 0.0410 e. The zero-order chi connectivity index (χ0) is 11.6. The molecule has 1 aromatic carbocycles. The van der Waals surface area contributed by atoms with Crippen LogP contribution in [0.3, 0.4) is 0 Å². The van der Waals surface area contributed by atoms with Crippen LogP contribution in [0.15, 0.2) is 24.3 Å². The van der Waals surface area contributed by atoms with Crippen molar-refractivity contribution < 1.29 is 0 Å². The van der Waals surface area contributed by atoms with E-state index >= 15 is 0 Å². The van der Waals surface area contributed by atoms with Gasteiger partial charge in [-0.1, -0.05) is 43.5 Å². The largest absolute Gasteiger partial charge is 0.321 e. The lowest BCUT2D eigenvalue weighted by Crippen LogP contribution is -2.36. The summed E-state index contributed by atoms with van der Waals surface area (Å²) in [6, 6.07) is 8.05. The fourth-order valence-electron chi connectivity index (χ4n) is 2.63. The third-order valence-electron chi connectivity index (χ3n) is 3.80. The van der Waals surface area contributed by atoms with Crippen molar-refractivity contribution in [2.45, 2.75) is 44.6 Å². The van der Waals surface area contributed by atoms with E-state index in [0.29, 0.717) is 0 Å². The monoisotopic (exact) mass is 237 g/mol. The molecule has 0 spiro atoms. The lowest BCUT2D eigenvalue weighted by Gasteiger charge is -2.29. The molecule has 0 saturated heterocycles. The minimum absolute atomic E-state index is 0.157. The van der Waals surface area contributed by atoms with Gasteiger partial charge in [-0.05, 0) is 42.9 Å². The van der Waals surface area contributed by atoms with Crippen LogP contribution in [-0.2, 0) is 5.54 Å². The van der Waals surface area contributed by atoms with Gasteiger partial charge in [0.1, 0.15) is 0 Å². The highest BCUT2D eigenvalue weighted by Gasteiger charge is 2.29. The second-order valence-electron chi connectivity index (χ2n) is 5.20. The Morgan fingerprint density at radius 3 is 2.88 bits per heavy atom. The molecule has 1 fully saturated rings. The van der Waals surface area contributed by atoms with E-state index in [9.17, 15) is 0 Å². The number of halogens is 1. The maximum absolute atomic E-state index is 6.55. The summed E-state index contributed by atoms with van der Waals surface area (Å²) in [5.41, 5.74) is 7.60. The van der Waals surface area contributed by atoms with E-state index in [1.165, 1.54) is 24.8 Å². The Bertz CT molecular complexity index is 364. The van der Waals surface area contributed by atoms with E-state index in [0.717, 1.165) is 23.8 Å². The topological polar surface area (TPSA) is 26.0 Å². The lowest BCUT2D eigenvalue weighted by atomic mass is 9.84. The summed E-state index contributed by atoms with van der Waals surface area (Å²) in [5, 5.41) is 0.791. The predicted octanol–water partition coefficient (Wildman–Crippen LogP) is 4.09. The van der Waals surface area contributed by atoms with Crippen molar-refractivity contribution in [1.29, 1.82) is 0 Å². The SMILES string of the molecule is CC1CCCC(N)(c2cccc(Cl)c2)CC1. The first-order valence-electron chi connectivity index (χ1n) is 6.15. The second-order valence-corrected chi connectivity index (χ2v) is 5.64. The molecule has 1 nitrogen and oxygen atoms in total. The van der Waals surface area contributed by atoms with Crippen molar-refractivity contribution in [1.82, 2.24) is 0 Å². The number of nitrogens with two attached hydrogens (primary N) is 1. The molecule has 0 amide bonds. The van der Waals surface area contributed by atoms with Gasteiger partial charge in [-0.2, -0.15) is 0 Å². The van der Waals surface area contributed by atoms with Gasteiger partial charge in [-0.15, -0.1) is 0 Å². The first-order chi connectivity index (χ1) is 7.60. The summed E-state index contributed by atoms with van der Waals surface area (Å²) in [7, 11) is 0. The Hall–Kier alpha value is -0.530. The second kappa shape index (κ2) is 4.77. The summed E-state index contributed by atoms with van der Waals surface area (Å²) in [5.74, 6) is 0.810. The molecule has 88 valence electrons. The van der Waals surface area contributed by atoms with Gasteiger partial charge < -0.3 is 5.73 Å². The predicted molar refractivity (Wildman–Crippen MR) is 69.6 cm³/mol. The van der Waals surface area contributed by atoms with E-state index in [4.69, 9.17) is 17.3 Å². The van der Waals surface area contributed by atoms with Crippen LogP contribution in [0.5, 0.6) is 0 Å². The molecule has 2 unspecified atom stereocenters. The van der Waals surface area contributed by atoms with Crippen LogP contribution in [0.4, 0.5) is 0 Å². The van der Waals surface area contributed by atoms with Crippen LogP contribution in [0.25, 0.3) is 0 Å². The molecule has 2 rings (SSSR count). The van der Waals surface area contributed by atoms with E-state index in [2.05, 4.69) is 13.0 Å². The van der Waals surface area contributed by atoms with Gasteiger partial charge in [-0.3, -0.25) is 0 Å². The van der Waals surface area contributed by atoms with Gasteiger partial charge in [0.15, 0.2) is 0 Å². The smallest absolute Gasteiger partial charge is 0.0410 e. The molecule has 2 N–H and O–H groups in total. The van der Waals surface area contributed by atoms with Crippen molar-refractivity contribution in [3.05, 3.63) is 34.9 Å². The van der Waals surface area contributed by atoms with Crippen LogP contribution in [0, 0.1) is 5.92 Å². The molecule has 1 saturated carbocycles. The Morgan fingerprint density at radius 2 is 2.12 bits per heavy atom. The fourth-order valence-corrected chi connectivity index (χ4v) is 2.82. The summed E-state index contributed by atoms with van der Waals surface area (Å²) in [6.45, 7) is 2.32.